The van der Waals surface area contributed by atoms with E-state index < -0.39 is 5.63 Å². The normalized spacial score (nSPS) is 17.1. The molecule has 0 spiro atoms. The van der Waals surface area contributed by atoms with Gasteiger partial charge in [0.25, 0.3) is 0 Å². The van der Waals surface area contributed by atoms with Gasteiger partial charge in [-0.05, 0) is 63.6 Å². The van der Waals surface area contributed by atoms with Gasteiger partial charge in [-0.3, -0.25) is 0 Å². The molecule has 1 aliphatic rings. The van der Waals surface area contributed by atoms with Crippen molar-refractivity contribution in [1.82, 2.24) is 4.90 Å². The van der Waals surface area contributed by atoms with Crippen molar-refractivity contribution in [1.29, 1.82) is 0 Å². The number of ether oxygens (including phenoxy) is 1. The third-order valence-electron chi connectivity index (χ3n) is 5.14. The predicted octanol–water partition coefficient (Wildman–Crippen LogP) is 5.81. The number of fused-ring (bicyclic) bond motifs is 1. The maximum Gasteiger partial charge on any atom is 0.355 e. The Morgan fingerprint density at radius 2 is 2.21 bits per heavy atom. The molecular formula is C21H26ClNO3S2. The van der Waals surface area contributed by atoms with Crippen LogP contribution in [-0.4, -0.2) is 34.2 Å². The number of hydrogen-bond acceptors (Lipinski definition) is 5. The van der Waals surface area contributed by atoms with Crippen LogP contribution in [0.3, 0.4) is 0 Å². The van der Waals surface area contributed by atoms with Gasteiger partial charge < -0.3 is 14.1 Å². The second kappa shape index (κ2) is 9.99. The second-order valence-corrected chi connectivity index (χ2v) is 9.30. The van der Waals surface area contributed by atoms with E-state index in [1.165, 1.54) is 19.3 Å². The number of nitrogens with zero attached hydrogens (tertiary/aromatic N) is 1. The van der Waals surface area contributed by atoms with Crippen molar-refractivity contribution in [2.45, 2.75) is 52.0 Å². The van der Waals surface area contributed by atoms with Crippen LogP contribution in [0.25, 0.3) is 11.0 Å². The van der Waals surface area contributed by atoms with Gasteiger partial charge in [0.2, 0.25) is 0 Å². The summed E-state index contributed by atoms with van der Waals surface area (Å²) in [7, 11) is 0. The smallest absolute Gasteiger partial charge is 0.355 e. The van der Waals surface area contributed by atoms with E-state index in [1.54, 1.807) is 17.8 Å². The van der Waals surface area contributed by atoms with Crippen LogP contribution in [0.4, 0.5) is 0 Å². The van der Waals surface area contributed by atoms with Gasteiger partial charge in [0, 0.05) is 29.8 Å². The molecule has 1 aromatic carbocycles. The number of unbranched alkanes of at least 4 members (excludes halogenated alkanes) is 1. The molecule has 1 unspecified atom stereocenters. The zero-order valence-electron chi connectivity index (χ0n) is 16.3. The summed E-state index contributed by atoms with van der Waals surface area (Å²) >= 11 is 13.3. The number of benzene rings is 1. The molecule has 2 aromatic rings. The lowest BCUT2D eigenvalue weighted by atomic mass is 10.1. The zero-order valence-corrected chi connectivity index (χ0v) is 18.7. The van der Waals surface area contributed by atoms with Gasteiger partial charge in [0.15, 0.2) is 0 Å². The van der Waals surface area contributed by atoms with E-state index in [2.05, 4.69) is 11.8 Å². The van der Waals surface area contributed by atoms with Crippen molar-refractivity contribution in [3.63, 3.8) is 0 Å². The quantitative estimate of drug-likeness (QED) is 0.321. The van der Waals surface area contributed by atoms with E-state index in [1.807, 2.05) is 19.1 Å². The lowest BCUT2D eigenvalue weighted by molar-refractivity contribution is 0.267. The molecule has 0 radical (unpaired) electrons. The van der Waals surface area contributed by atoms with E-state index >= 15 is 0 Å². The molecule has 0 N–H and O–H groups in total. The van der Waals surface area contributed by atoms with Crippen molar-refractivity contribution in [2.24, 2.45) is 0 Å². The van der Waals surface area contributed by atoms with Crippen LogP contribution in [0.2, 0.25) is 5.02 Å². The average Bonchev–Trinajstić information content (AvgIpc) is 2.69. The van der Waals surface area contributed by atoms with Crippen molar-refractivity contribution in [2.75, 3.05) is 18.9 Å². The van der Waals surface area contributed by atoms with Crippen molar-refractivity contribution in [3.8, 4) is 5.75 Å². The minimum absolute atomic E-state index is 0.135. The number of thioether (sulfide) groups is 1. The summed E-state index contributed by atoms with van der Waals surface area (Å²) in [6, 6.07) is 6.08. The molecule has 1 aromatic heterocycles. The van der Waals surface area contributed by atoms with Gasteiger partial charge in [-0.25, -0.2) is 4.79 Å². The first-order chi connectivity index (χ1) is 13.5. The third-order valence-corrected chi connectivity index (χ3v) is 7.14. The minimum atomic E-state index is -0.514. The Bertz CT molecular complexity index is 899. The van der Waals surface area contributed by atoms with Crippen LogP contribution in [-0.2, 0) is 0 Å². The predicted molar refractivity (Wildman–Crippen MR) is 122 cm³/mol. The minimum Gasteiger partial charge on any atom is -0.493 e. The number of rotatable bonds is 6. The molecule has 152 valence electrons. The molecule has 2 heterocycles. The van der Waals surface area contributed by atoms with Gasteiger partial charge in [-0.15, -0.1) is 0 Å². The number of hydrogen-bond donors (Lipinski definition) is 0. The number of thiocarbonyl (C=S) groups is 1. The number of halogens is 1. The Morgan fingerprint density at radius 3 is 3.00 bits per heavy atom. The molecule has 0 amide bonds. The van der Waals surface area contributed by atoms with Crippen LogP contribution < -0.4 is 10.4 Å². The lowest BCUT2D eigenvalue weighted by Crippen LogP contribution is -2.39. The highest BCUT2D eigenvalue weighted by Crippen LogP contribution is 2.26. The molecule has 7 heteroatoms. The Morgan fingerprint density at radius 1 is 1.39 bits per heavy atom. The van der Waals surface area contributed by atoms with Gasteiger partial charge in [0.05, 0.1) is 6.61 Å². The van der Waals surface area contributed by atoms with E-state index in [4.69, 9.17) is 33.0 Å². The Hall–Kier alpha value is -1.24. The first-order valence-corrected chi connectivity index (χ1v) is 11.5. The molecule has 1 aliphatic heterocycles. The van der Waals surface area contributed by atoms with Gasteiger partial charge in [-0.1, -0.05) is 35.6 Å². The third kappa shape index (κ3) is 5.22. The highest BCUT2D eigenvalue weighted by atomic mass is 35.5. The van der Waals surface area contributed by atoms with Crippen molar-refractivity contribution in [3.05, 3.63) is 39.2 Å². The highest BCUT2D eigenvalue weighted by Gasteiger charge is 2.20. The standard InChI is InChI=1S/C21H26ClNO3S2/c1-14-7-3-4-10-23(14)21(27)28-12-6-5-11-25-16-8-9-17-15(2)19(22)20(24)26-18(17)13-16/h8-9,13-14H,3-7,10-12H2,1-2H3. The van der Waals surface area contributed by atoms with Crippen LogP contribution in [0.5, 0.6) is 5.75 Å². The molecule has 4 nitrogen and oxygen atoms in total. The summed E-state index contributed by atoms with van der Waals surface area (Å²) in [4.78, 5) is 14.1. The van der Waals surface area contributed by atoms with E-state index in [0.29, 0.717) is 24.0 Å². The summed E-state index contributed by atoms with van der Waals surface area (Å²) < 4.78 is 12.1. The number of likely N-dealkylation sites (tertiary alicyclic amines) is 1. The van der Waals surface area contributed by atoms with Crippen LogP contribution >= 0.6 is 35.6 Å². The summed E-state index contributed by atoms with van der Waals surface area (Å²) in [5.41, 5.74) is 0.719. The summed E-state index contributed by atoms with van der Waals surface area (Å²) in [6.07, 6.45) is 5.80. The van der Waals surface area contributed by atoms with Crippen LogP contribution in [0.1, 0.15) is 44.6 Å². The molecule has 1 fully saturated rings. The molecule has 0 bridgehead atoms. The monoisotopic (exact) mass is 439 g/mol. The summed E-state index contributed by atoms with van der Waals surface area (Å²) in [5, 5.41) is 0.962. The first kappa shape index (κ1) is 21.5. The lowest BCUT2D eigenvalue weighted by Gasteiger charge is -2.35. The largest absolute Gasteiger partial charge is 0.493 e. The van der Waals surface area contributed by atoms with Crippen LogP contribution in [0, 0.1) is 6.92 Å². The molecule has 1 saturated heterocycles. The molecule has 3 rings (SSSR count). The Balaban J connectivity index is 1.42. The molecule has 28 heavy (non-hydrogen) atoms. The maximum atomic E-state index is 11.7. The van der Waals surface area contributed by atoms with Gasteiger partial charge in [-0.2, -0.15) is 0 Å². The first-order valence-electron chi connectivity index (χ1n) is 9.76. The van der Waals surface area contributed by atoms with Crippen LogP contribution in [0.15, 0.2) is 27.4 Å². The highest BCUT2D eigenvalue weighted by molar-refractivity contribution is 8.22. The average molecular weight is 440 g/mol. The number of piperidine rings is 1. The maximum absolute atomic E-state index is 11.7. The second-order valence-electron chi connectivity index (χ2n) is 7.19. The fraction of sp³-hybridized carbons (Fsp3) is 0.524. The fourth-order valence-corrected chi connectivity index (χ4v) is 5.03. The van der Waals surface area contributed by atoms with Gasteiger partial charge >= 0.3 is 5.63 Å². The summed E-state index contributed by atoms with van der Waals surface area (Å²) in [5.74, 6) is 1.71. The van der Waals surface area contributed by atoms with Crippen molar-refractivity contribution >= 4 is 50.9 Å². The zero-order chi connectivity index (χ0) is 20.1. The molecular weight excluding hydrogens is 414 g/mol. The molecule has 1 atom stereocenters. The SMILES string of the molecule is Cc1c(Cl)c(=O)oc2cc(OCCCCSC(=S)N3CCCCC3C)ccc12. The fourth-order valence-electron chi connectivity index (χ4n) is 3.41. The van der Waals surface area contributed by atoms with E-state index in [-0.39, 0.29) is 5.02 Å². The van der Waals surface area contributed by atoms with Gasteiger partial charge in [0.1, 0.15) is 20.7 Å². The topological polar surface area (TPSA) is 42.7 Å². The van der Waals surface area contributed by atoms with E-state index in [9.17, 15) is 4.79 Å². The number of aryl methyl sites for hydroxylation is 1. The molecule has 0 saturated carbocycles. The molecule has 0 aliphatic carbocycles. The Kier molecular flexibility index (Phi) is 7.66. The summed E-state index contributed by atoms with van der Waals surface area (Å²) in [6.45, 7) is 5.80. The Labute approximate surface area is 180 Å². The van der Waals surface area contributed by atoms with E-state index in [0.717, 1.165) is 40.4 Å². The van der Waals surface area contributed by atoms with Crippen molar-refractivity contribution < 1.29 is 9.15 Å².